The number of ether oxygens (including phenoxy) is 1. The smallest absolute Gasteiger partial charge is 0.330 e. The summed E-state index contributed by atoms with van der Waals surface area (Å²) in [5, 5.41) is 4.39. The molecule has 4 aromatic rings. The van der Waals surface area contributed by atoms with Gasteiger partial charge in [0, 0.05) is 47.0 Å². The van der Waals surface area contributed by atoms with Crippen LogP contribution in [0.1, 0.15) is 41.4 Å². The van der Waals surface area contributed by atoms with E-state index in [1.807, 2.05) is 25.1 Å². The number of aryl methyl sites for hydroxylation is 2. The molecule has 0 unspecified atom stereocenters. The molecule has 1 aliphatic carbocycles. The summed E-state index contributed by atoms with van der Waals surface area (Å²) in [5.41, 5.74) is 8.40. The molecule has 0 bridgehead atoms. The third kappa shape index (κ3) is 4.21. The van der Waals surface area contributed by atoms with Crippen LogP contribution in [0.2, 0.25) is 5.28 Å². The summed E-state index contributed by atoms with van der Waals surface area (Å²) < 4.78 is 31.6. The second kappa shape index (κ2) is 9.23. The molecule has 1 aromatic carbocycles. The second-order valence-corrected chi connectivity index (χ2v) is 9.02. The van der Waals surface area contributed by atoms with Gasteiger partial charge in [0.15, 0.2) is 5.65 Å². The average molecular weight is 485 g/mol. The van der Waals surface area contributed by atoms with Crippen molar-refractivity contribution >= 4 is 39.4 Å². The first kappa shape index (κ1) is 19.2. The Morgan fingerprint density at radius 2 is 2.12 bits per heavy atom. The zero-order valence-corrected chi connectivity index (χ0v) is 19.5. The van der Waals surface area contributed by atoms with Crippen molar-refractivity contribution in [1.82, 2.24) is 29.4 Å². The largest absolute Gasteiger partial charge is 0.491 e. The summed E-state index contributed by atoms with van der Waals surface area (Å²) in [6.07, 6.45) is 6.07. The van der Waals surface area contributed by atoms with E-state index in [0.29, 0.717) is 31.7 Å². The molecule has 0 atom stereocenters. The van der Waals surface area contributed by atoms with Crippen molar-refractivity contribution in [3.8, 4) is 5.75 Å². The van der Waals surface area contributed by atoms with Gasteiger partial charge in [-0.05, 0) is 68.0 Å². The van der Waals surface area contributed by atoms with Crippen LogP contribution in [0, 0.1) is 6.92 Å². The van der Waals surface area contributed by atoms with Crippen LogP contribution in [-0.2, 0) is 6.98 Å². The van der Waals surface area contributed by atoms with Gasteiger partial charge in [0.05, 0.1) is 11.7 Å². The van der Waals surface area contributed by atoms with E-state index in [2.05, 4.69) is 20.3 Å². The van der Waals surface area contributed by atoms with Gasteiger partial charge in [0.25, 0.3) is 0 Å². The average Bonchev–Trinajstić information content (AvgIpc) is 3.14. The molecule has 10 heteroatoms. The Morgan fingerprint density at radius 1 is 1.29 bits per heavy atom. The van der Waals surface area contributed by atoms with Gasteiger partial charge in [-0.15, -0.1) is 0 Å². The van der Waals surface area contributed by atoms with Gasteiger partial charge in [-0.3, -0.25) is 14.1 Å². The number of hydrogen-bond donors (Lipinski definition) is 2. The molecular weight excluding hydrogens is 454 g/mol. The summed E-state index contributed by atoms with van der Waals surface area (Å²) >= 11 is 5.97. The van der Waals surface area contributed by atoms with E-state index >= 15 is 0 Å². The number of benzene rings is 1. The van der Waals surface area contributed by atoms with Gasteiger partial charge in [0.1, 0.15) is 17.9 Å². The van der Waals surface area contributed by atoms with E-state index in [1.54, 1.807) is 6.20 Å². The number of aromatic nitrogens is 5. The highest BCUT2D eigenvalue weighted by molar-refractivity contribution is 6.28. The van der Waals surface area contributed by atoms with Crippen molar-refractivity contribution in [3.05, 3.63) is 51.9 Å². The van der Waals surface area contributed by atoms with E-state index in [4.69, 9.17) is 26.2 Å². The lowest BCUT2D eigenvalue weighted by Crippen LogP contribution is -2.37. The van der Waals surface area contributed by atoms with E-state index < -0.39 is 12.7 Å². The standard InChI is InChI=1S/C24H28ClN7O2/c1-14-11-19-17(12-18(14)26)21(7-8-28-19)34-10-9-27-15-3-5-16(6-4-15)32-22-20(31(2)24(32)33)13-29-23(25)30-22/h7-8,11-13,15-16,27H,3-6,9-10,26H2,1-2H3/i2D3. The Hall–Kier alpha value is -3.17. The molecule has 0 aliphatic heterocycles. The lowest BCUT2D eigenvalue weighted by molar-refractivity contribution is 0.263. The highest BCUT2D eigenvalue weighted by Crippen LogP contribution is 2.30. The van der Waals surface area contributed by atoms with E-state index in [-0.39, 0.29) is 28.5 Å². The second-order valence-electron chi connectivity index (χ2n) is 8.68. The number of nitrogen functional groups attached to an aromatic ring is 1. The third-order valence-corrected chi connectivity index (χ3v) is 6.71. The Kier molecular flexibility index (Phi) is 5.20. The summed E-state index contributed by atoms with van der Waals surface area (Å²) in [5.74, 6) is 0.743. The molecule has 1 saturated carbocycles. The number of nitrogens with one attached hydrogen (secondary N) is 1. The highest BCUT2D eigenvalue weighted by atomic mass is 35.5. The topological polar surface area (TPSA) is 113 Å². The van der Waals surface area contributed by atoms with Crippen LogP contribution in [0.15, 0.2) is 35.4 Å². The Balaban J connectivity index is 1.21. The van der Waals surface area contributed by atoms with Gasteiger partial charge in [-0.2, -0.15) is 4.98 Å². The van der Waals surface area contributed by atoms with Crippen LogP contribution in [0.3, 0.4) is 0 Å². The highest BCUT2D eigenvalue weighted by Gasteiger charge is 2.26. The van der Waals surface area contributed by atoms with Crippen molar-refractivity contribution < 1.29 is 8.85 Å². The van der Waals surface area contributed by atoms with Crippen LogP contribution in [-0.4, -0.2) is 43.3 Å². The van der Waals surface area contributed by atoms with Gasteiger partial charge in [0.2, 0.25) is 5.28 Å². The van der Waals surface area contributed by atoms with Crippen LogP contribution in [0.25, 0.3) is 22.1 Å². The molecule has 0 spiro atoms. The van der Waals surface area contributed by atoms with Crippen molar-refractivity contribution in [1.29, 1.82) is 0 Å². The number of rotatable bonds is 6. The zero-order chi connectivity index (χ0) is 26.3. The zero-order valence-electron chi connectivity index (χ0n) is 21.8. The van der Waals surface area contributed by atoms with Gasteiger partial charge in [-0.1, -0.05) is 0 Å². The normalized spacial score (nSPS) is 20.2. The van der Waals surface area contributed by atoms with Crippen molar-refractivity contribution in [2.45, 2.75) is 44.7 Å². The quantitative estimate of drug-likeness (QED) is 0.245. The molecule has 9 nitrogen and oxygen atoms in total. The fraction of sp³-hybridized carbons (Fsp3) is 0.417. The van der Waals surface area contributed by atoms with E-state index in [1.165, 1.54) is 10.8 Å². The molecule has 0 radical (unpaired) electrons. The molecule has 34 heavy (non-hydrogen) atoms. The fourth-order valence-corrected chi connectivity index (χ4v) is 4.82. The lowest BCUT2D eigenvalue weighted by Gasteiger charge is -2.29. The Labute approximate surface area is 206 Å². The van der Waals surface area contributed by atoms with Gasteiger partial charge in [-0.25, -0.2) is 9.78 Å². The van der Waals surface area contributed by atoms with Crippen LogP contribution >= 0.6 is 11.6 Å². The van der Waals surface area contributed by atoms with Crippen molar-refractivity contribution in [3.63, 3.8) is 0 Å². The first-order valence-electron chi connectivity index (χ1n) is 12.8. The van der Waals surface area contributed by atoms with E-state index in [9.17, 15) is 4.79 Å². The minimum absolute atomic E-state index is 0.0286. The molecule has 1 aliphatic rings. The monoisotopic (exact) mass is 484 g/mol. The molecule has 0 amide bonds. The maximum absolute atomic E-state index is 13.1. The summed E-state index contributed by atoms with van der Waals surface area (Å²) in [6, 6.07) is 5.78. The molecule has 1 fully saturated rings. The number of nitrogens with two attached hydrogens (primary N) is 1. The number of pyridine rings is 1. The van der Waals surface area contributed by atoms with Crippen LogP contribution < -0.4 is 21.5 Å². The lowest BCUT2D eigenvalue weighted by atomic mass is 9.91. The van der Waals surface area contributed by atoms with E-state index in [0.717, 1.165) is 39.6 Å². The molecule has 5 rings (SSSR count). The van der Waals surface area contributed by atoms with Gasteiger partial charge >= 0.3 is 5.69 Å². The molecule has 3 aromatic heterocycles. The minimum Gasteiger partial charge on any atom is -0.491 e. The Morgan fingerprint density at radius 3 is 2.91 bits per heavy atom. The van der Waals surface area contributed by atoms with Gasteiger partial charge < -0.3 is 15.8 Å². The number of nitrogens with zero attached hydrogens (tertiary/aromatic N) is 5. The molecule has 0 saturated heterocycles. The minimum atomic E-state index is -2.64. The Bertz CT molecular complexity index is 1510. The number of anilines is 1. The number of hydrogen-bond acceptors (Lipinski definition) is 7. The van der Waals surface area contributed by atoms with Crippen LogP contribution in [0.5, 0.6) is 5.75 Å². The molecule has 3 N–H and O–H groups in total. The summed E-state index contributed by atoms with van der Waals surface area (Å²) in [4.78, 5) is 25.6. The van der Waals surface area contributed by atoms with Crippen LogP contribution in [0.4, 0.5) is 5.69 Å². The number of fused-ring (bicyclic) bond motifs is 2. The predicted octanol–water partition coefficient (Wildman–Crippen LogP) is 3.37. The first-order chi connectivity index (χ1) is 17.6. The number of imidazole rings is 1. The number of halogens is 1. The summed E-state index contributed by atoms with van der Waals surface area (Å²) in [6.45, 7) is 0.448. The molecule has 178 valence electrons. The van der Waals surface area contributed by atoms with Crippen molar-refractivity contribution in [2.24, 2.45) is 6.98 Å². The fourth-order valence-electron chi connectivity index (χ4n) is 4.69. The molecule has 3 heterocycles. The maximum atomic E-state index is 13.1. The molecular formula is C24H28ClN7O2. The van der Waals surface area contributed by atoms with Crippen molar-refractivity contribution in [2.75, 3.05) is 18.9 Å². The maximum Gasteiger partial charge on any atom is 0.330 e. The SMILES string of the molecule is [2H]C([2H])([2H])n1c(=O)n(C2CCC(NCCOc3ccnc4cc(C)c(N)cc34)CC2)c2nc(Cl)ncc21. The summed E-state index contributed by atoms with van der Waals surface area (Å²) in [7, 11) is 0. The first-order valence-corrected chi connectivity index (χ1v) is 11.7. The third-order valence-electron chi connectivity index (χ3n) is 6.53. The predicted molar refractivity (Wildman–Crippen MR) is 133 cm³/mol.